The first kappa shape index (κ1) is 12.7. The molecule has 88 valence electrons. The Morgan fingerprint density at radius 3 is 2.56 bits per heavy atom. The Morgan fingerprint density at radius 1 is 1.38 bits per heavy atom. The molecule has 0 bridgehead atoms. The van der Waals surface area contributed by atoms with Gasteiger partial charge in [-0.05, 0) is 31.9 Å². The summed E-state index contributed by atoms with van der Waals surface area (Å²) >= 11 is 0. The van der Waals surface area contributed by atoms with E-state index in [2.05, 4.69) is 0 Å². The normalized spacial score (nSPS) is 11.4. The molecular formula is C13H18O3. The summed E-state index contributed by atoms with van der Waals surface area (Å²) in [5, 5.41) is 8.91. The van der Waals surface area contributed by atoms with Gasteiger partial charge in [0, 0.05) is 0 Å². The van der Waals surface area contributed by atoms with Gasteiger partial charge in [-0.15, -0.1) is 0 Å². The van der Waals surface area contributed by atoms with E-state index in [1.807, 2.05) is 31.2 Å². The van der Waals surface area contributed by atoms with Gasteiger partial charge in [-0.2, -0.15) is 0 Å². The summed E-state index contributed by atoms with van der Waals surface area (Å²) in [6.07, 6.45) is 0. The van der Waals surface area contributed by atoms with E-state index in [9.17, 15) is 4.79 Å². The van der Waals surface area contributed by atoms with Crippen molar-refractivity contribution in [1.29, 1.82) is 0 Å². The summed E-state index contributed by atoms with van der Waals surface area (Å²) in [6.45, 7) is 6.02. The molecule has 0 saturated carbocycles. The molecule has 0 amide bonds. The largest absolute Gasteiger partial charge is 0.481 e. The fraction of sp³-hybridized carbons (Fsp3) is 0.462. The van der Waals surface area contributed by atoms with Gasteiger partial charge in [0.1, 0.15) is 0 Å². The van der Waals surface area contributed by atoms with Crippen molar-refractivity contribution in [2.24, 2.45) is 5.41 Å². The number of carbonyl (C=O) groups is 1. The summed E-state index contributed by atoms with van der Waals surface area (Å²) < 4.78 is 5.45. The summed E-state index contributed by atoms with van der Waals surface area (Å²) in [5.74, 6) is -0.836. The van der Waals surface area contributed by atoms with Crippen LogP contribution >= 0.6 is 0 Å². The van der Waals surface area contributed by atoms with Crippen LogP contribution in [0.4, 0.5) is 0 Å². The third-order valence-electron chi connectivity index (χ3n) is 2.56. The zero-order chi connectivity index (χ0) is 12.2. The maximum absolute atomic E-state index is 10.9. The van der Waals surface area contributed by atoms with Gasteiger partial charge in [0.25, 0.3) is 0 Å². The Labute approximate surface area is 96.1 Å². The van der Waals surface area contributed by atoms with Crippen molar-refractivity contribution in [1.82, 2.24) is 0 Å². The number of ether oxygens (including phenoxy) is 1. The van der Waals surface area contributed by atoms with E-state index in [0.717, 1.165) is 11.1 Å². The van der Waals surface area contributed by atoms with Crippen LogP contribution in [-0.4, -0.2) is 17.7 Å². The average molecular weight is 222 g/mol. The molecule has 1 aromatic rings. The predicted octanol–water partition coefficient (Wildman–Crippen LogP) is 2.62. The maximum Gasteiger partial charge on any atom is 0.311 e. The third kappa shape index (κ3) is 3.35. The highest BCUT2D eigenvalue weighted by molar-refractivity contribution is 5.73. The Bertz CT molecular complexity index is 369. The first-order chi connectivity index (χ1) is 7.43. The minimum atomic E-state index is -0.836. The van der Waals surface area contributed by atoms with Crippen molar-refractivity contribution in [3.8, 4) is 0 Å². The first-order valence-corrected chi connectivity index (χ1v) is 5.29. The van der Waals surface area contributed by atoms with E-state index in [1.165, 1.54) is 0 Å². The molecular weight excluding hydrogens is 204 g/mol. The van der Waals surface area contributed by atoms with Crippen LogP contribution in [-0.2, 0) is 16.1 Å². The van der Waals surface area contributed by atoms with E-state index in [1.54, 1.807) is 13.8 Å². The van der Waals surface area contributed by atoms with Gasteiger partial charge in [0.15, 0.2) is 0 Å². The molecule has 0 saturated heterocycles. The second-order valence-electron chi connectivity index (χ2n) is 4.61. The molecule has 0 aromatic heterocycles. The maximum atomic E-state index is 10.9. The van der Waals surface area contributed by atoms with Gasteiger partial charge in [-0.1, -0.05) is 24.3 Å². The van der Waals surface area contributed by atoms with Crippen molar-refractivity contribution in [2.45, 2.75) is 27.4 Å². The Morgan fingerprint density at radius 2 is 2.00 bits per heavy atom. The zero-order valence-electron chi connectivity index (χ0n) is 9.99. The highest BCUT2D eigenvalue weighted by Crippen LogP contribution is 2.17. The third-order valence-corrected chi connectivity index (χ3v) is 2.56. The van der Waals surface area contributed by atoms with Crippen LogP contribution in [0.2, 0.25) is 0 Å². The molecule has 0 spiro atoms. The van der Waals surface area contributed by atoms with Crippen molar-refractivity contribution in [3.63, 3.8) is 0 Å². The number of hydrogen-bond donors (Lipinski definition) is 1. The van der Waals surface area contributed by atoms with Crippen LogP contribution in [0.3, 0.4) is 0 Å². The van der Waals surface area contributed by atoms with E-state index >= 15 is 0 Å². The summed E-state index contributed by atoms with van der Waals surface area (Å²) in [6, 6.07) is 7.93. The molecule has 0 aliphatic heterocycles. The fourth-order valence-electron chi connectivity index (χ4n) is 1.25. The quantitative estimate of drug-likeness (QED) is 0.833. The summed E-state index contributed by atoms with van der Waals surface area (Å²) in [4.78, 5) is 10.9. The summed E-state index contributed by atoms with van der Waals surface area (Å²) in [7, 11) is 0. The molecule has 1 N–H and O–H groups in total. The van der Waals surface area contributed by atoms with Crippen molar-refractivity contribution >= 4 is 5.97 Å². The minimum absolute atomic E-state index is 0.219. The Hall–Kier alpha value is -1.35. The lowest BCUT2D eigenvalue weighted by Gasteiger charge is -2.19. The van der Waals surface area contributed by atoms with E-state index in [4.69, 9.17) is 9.84 Å². The number of hydrogen-bond acceptors (Lipinski definition) is 2. The van der Waals surface area contributed by atoms with Crippen molar-refractivity contribution in [2.75, 3.05) is 6.61 Å². The molecule has 0 radical (unpaired) electrons. The second kappa shape index (κ2) is 5.12. The molecule has 16 heavy (non-hydrogen) atoms. The average Bonchev–Trinajstić information content (AvgIpc) is 2.20. The monoisotopic (exact) mass is 222 g/mol. The Balaban J connectivity index is 2.48. The highest BCUT2D eigenvalue weighted by atomic mass is 16.5. The smallest absolute Gasteiger partial charge is 0.311 e. The number of rotatable bonds is 5. The summed E-state index contributed by atoms with van der Waals surface area (Å²) in [5.41, 5.74) is 1.43. The van der Waals surface area contributed by atoms with Crippen LogP contribution < -0.4 is 0 Å². The van der Waals surface area contributed by atoms with Gasteiger partial charge in [0.2, 0.25) is 0 Å². The Kier molecular flexibility index (Phi) is 4.07. The second-order valence-corrected chi connectivity index (χ2v) is 4.61. The topological polar surface area (TPSA) is 46.5 Å². The molecule has 0 unspecified atom stereocenters. The van der Waals surface area contributed by atoms with Crippen LogP contribution in [0.15, 0.2) is 24.3 Å². The molecule has 3 heteroatoms. The lowest BCUT2D eigenvalue weighted by atomic mass is 9.95. The van der Waals surface area contributed by atoms with E-state index in [0.29, 0.717) is 6.61 Å². The van der Waals surface area contributed by atoms with Gasteiger partial charge < -0.3 is 9.84 Å². The van der Waals surface area contributed by atoms with Gasteiger partial charge in [0.05, 0.1) is 18.6 Å². The van der Waals surface area contributed by atoms with Gasteiger partial charge in [-0.3, -0.25) is 4.79 Å². The van der Waals surface area contributed by atoms with Gasteiger partial charge in [-0.25, -0.2) is 0 Å². The van der Waals surface area contributed by atoms with Crippen LogP contribution in [0.25, 0.3) is 0 Å². The highest BCUT2D eigenvalue weighted by Gasteiger charge is 2.27. The number of aliphatic carboxylic acids is 1. The number of benzene rings is 1. The SMILES string of the molecule is Cc1ccccc1COCC(C)(C)C(=O)O. The van der Waals surface area contributed by atoms with E-state index in [-0.39, 0.29) is 6.61 Å². The lowest BCUT2D eigenvalue weighted by Crippen LogP contribution is -2.29. The number of carboxylic acid groups (broad SMARTS) is 1. The fourth-order valence-corrected chi connectivity index (χ4v) is 1.25. The van der Waals surface area contributed by atoms with Gasteiger partial charge >= 0.3 is 5.97 Å². The first-order valence-electron chi connectivity index (χ1n) is 5.29. The minimum Gasteiger partial charge on any atom is -0.481 e. The number of carboxylic acids is 1. The molecule has 3 nitrogen and oxygen atoms in total. The van der Waals surface area contributed by atoms with Crippen LogP contribution in [0.5, 0.6) is 0 Å². The lowest BCUT2D eigenvalue weighted by molar-refractivity contribution is -0.150. The van der Waals surface area contributed by atoms with Crippen LogP contribution in [0.1, 0.15) is 25.0 Å². The molecule has 1 rings (SSSR count). The van der Waals surface area contributed by atoms with Crippen molar-refractivity contribution in [3.05, 3.63) is 35.4 Å². The molecule has 0 aliphatic carbocycles. The molecule has 0 atom stereocenters. The van der Waals surface area contributed by atoms with E-state index < -0.39 is 11.4 Å². The predicted molar refractivity (Wildman–Crippen MR) is 62.3 cm³/mol. The van der Waals surface area contributed by atoms with Crippen LogP contribution in [0, 0.1) is 12.3 Å². The molecule has 0 heterocycles. The number of aryl methyl sites for hydroxylation is 1. The molecule has 0 aliphatic rings. The standard InChI is InChI=1S/C13H18O3/c1-10-6-4-5-7-11(10)8-16-9-13(2,3)12(14)15/h4-7H,8-9H2,1-3H3,(H,14,15). The molecule has 0 fully saturated rings. The van der Waals surface area contributed by atoms with Crippen molar-refractivity contribution < 1.29 is 14.6 Å². The zero-order valence-corrected chi connectivity index (χ0v) is 9.99. The molecule has 1 aromatic carbocycles.